The highest BCUT2D eigenvalue weighted by Crippen LogP contribution is 2.28. The van der Waals surface area contributed by atoms with E-state index in [9.17, 15) is 4.79 Å². The monoisotopic (exact) mass is 346 g/mol. The molecule has 0 amide bonds. The van der Waals surface area contributed by atoms with Crippen molar-refractivity contribution in [3.8, 4) is 28.1 Å². The maximum atomic E-state index is 13.1. The van der Waals surface area contributed by atoms with Gasteiger partial charge in [0.25, 0.3) is 5.56 Å². The zero-order chi connectivity index (χ0) is 18.3. The van der Waals surface area contributed by atoms with E-state index in [1.165, 1.54) is 4.52 Å². The zero-order valence-corrected chi connectivity index (χ0v) is 14.5. The Hall–Kier alpha value is -3.54. The van der Waals surface area contributed by atoms with Crippen molar-refractivity contribution in [2.75, 3.05) is 12.8 Å². The lowest BCUT2D eigenvalue weighted by Gasteiger charge is -2.07. The molecule has 0 saturated carbocycles. The van der Waals surface area contributed by atoms with Gasteiger partial charge in [0.2, 0.25) is 0 Å². The van der Waals surface area contributed by atoms with Crippen molar-refractivity contribution in [2.45, 2.75) is 6.92 Å². The second kappa shape index (κ2) is 6.07. The van der Waals surface area contributed by atoms with Gasteiger partial charge in [-0.2, -0.15) is 4.52 Å². The van der Waals surface area contributed by atoms with Crippen molar-refractivity contribution >= 4 is 11.3 Å². The molecule has 26 heavy (non-hydrogen) atoms. The van der Waals surface area contributed by atoms with Crippen molar-refractivity contribution in [1.82, 2.24) is 14.6 Å². The van der Waals surface area contributed by atoms with Crippen LogP contribution in [-0.4, -0.2) is 21.7 Å². The van der Waals surface area contributed by atoms with E-state index < -0.39 is 0 Å². The lowest BCUT2D eigenvalue weighted by Crippen LogP contribution is -2.19. The number of nitrogens with two attached hydrogens (primary N) is 1. The fraction of sp³-hybridized carbons (Fsp3) is 0.100. The summed E-state index contributed by atoms with van der Waals surface area (Å²) in [4.78, 5) is 17.7. The normalized spacial score (nSPS) is 11.0. The summed E-state index contributed by atoms with van der Waals surface area (Å²) in [6, 6.07) is 17.0. The van der Waals surface area contributed by atoms with Gasteiger partial charge < -0.3 is 10.5 Å². The van der Waals surface area contributed by atoms with Crippen LogP contribution < -0.4 is 16.0 Å². The number of anilines is 1. The Morgan fingerprint density at radius 1 is 1.04 bits per heavy atom. The van der Waals surface area contributed by atoms with Crippen LogP contribution in [-0.2, 0) is 0 Å². The van der Waals surface area contributed by atoms with E-state index in [0.717, 1.165) is 16.9 Å². The molecule has 2 aromatic carbocycles. The first kappa shape index (κ1) is 16.0. The molecule has 0 aliphatic heterocycles. The van der Waals surface area contributed by atoms with Crippen LogP contribution in [0.25, 0.3) is 28.0 Å². The topological polar surface area (TPSA) is 85.4 Å². The number of rotatable bonds is 3. The first-order chi connectivity index (χ1) is 12.6. The maximum absolute atomic E-state index is 13.1. The van der Waals surface area contributed by atoms with E-state index in [-0.39, 0.29) is 5.56 Å². The Labute approximate surface area is 149 Å². The van der Waals surface area contributed by atoms with Crippen molar-refractivity contribution in [2.24, 2.45) is 0 Å². The number of hydrogen-bond donors (Lipinski definition) is 2. The number of benzene rings is 2. The molecule has 6 nitrogen and oxygen atoms in total. The number of hydrogen-bond acceptors (Lipinski definition) is 4. The summed E-state index contributed by atoms with van der Waals surface area (Å²) < 4.78 is 6.59. The van der Waals surface area contributed by atoms with Crippen LogP contribution in [0.1, 0.15) is 5.69 Å². The first-order valence-corrected chi connectivity index (χ1v) is 8.21. The van der Waals surface area contributed by atoms with Gasteiger partial charge in [0.1, 0.15) is 11.4 Å². The number of methoxy groups -OCH3 is 1. The Bertz CT molecular complexity index is 1140. The lowest BCUT2D eigenvalue weighted by atomic mass is 10.1. The van der Waals surface area contributed by atoms with E-state index in [0.29, 0.717) is 28.3 Å². The number of fused-ring (bicyclic) bond motifs is 1. The predicted molar refractivity (Wildman–Crippen MR) is 102 cm³/mol. The second-order valence-electron chi connectivity index (χ2n) is 6.03. The molecule has 0 aliphatic carbocycles. The van der Waals surface area contributed by atoms with Crippen molar-refractivity contribution in [3.63, 3.8) is 0 Å². The molecule has 6 heteroatoms. The third-order valence-corrected chi connectivity index (χ3v) is 4.44. The van der Waals surface area contributed by atoms with Crippen LogP contribution in [0.4, 0.5) is 5.69 Å². The molecular formula is C20H18N4O2. The highest BCUT2D eigenvalue weighted by Gasteiger charge is 2.18. The Balaban J connectivity index is 1.95. The minimum Gasteiger partial charge on any atom is -0.497 e. The Morgan fingerprint density at radius 2 is 1.73 bits per heavy atom. The zero-order valence-electron chi connectivity index (χ0n) is 14.5. The molecule has 0 fully saturated rings. The van der Waals surface area contributed by atoms with Gasteiger partial charge in [-0.15, -0.1) is 0 Å². The van der Waals surface area contributed by atoms with E-state index in [1.54, 1.807) is 7.11 Å². The third kappa shape index (κ3) is 2.43. The molecule has 2 heterocycles. The molecule has 4 aromatic rings. The van der Waals surface area contributed by atoms with E-state index >= 15 is 0 Å². The molecule has 3 N–H and O–H groups in total. The standard InChI is InChI=1S/C20H18N4O2/c1-12-16(13-8-10-15(26-2)11-9-13)20(25)24-19(22-12)17(21)18(23-24)14-6-4-3-5-7-14/h3-11,23H,21H2,1-2H3. The fourth-order valence-corrected chi connectivity index (χ4v) is 3.11. The average Bonchev–Trinajstić information content (AvgIpc) is 3.00. The molecule has 0 saturated heterocycles. The van der Waals surface area contributed by atoms with Crippen molar-refractivity contribution in [3.05, 3.63) is 70.6 Å². The minimum absolute atomic E-state index is 0.188. The van der Waals surface area contributed by atoms with Gasteiger partial charge in [0.05, 0.1) is 24.1 Å². The van der Waals surface area contributed by atoms with Crippen LogP contribution in [0.5, 0.6) is 5.75 Å². The van der Waals surface area contributed by atoms with Gasteiger partial charge in [-0.1, -0.05) is 42.5 Å². The fourth-order valence-electron chi connectivity index (χ4n) is 3.11. The summed E-state index contributed by atoms with van der Waals surface area (Å²) in [5, 5.41) is 3.10. The highest BCUT2D eigenvalue weighted by atomic mass is 16.5. The van der Waals surface area contributed by atoms with Crippen LogP contribution in [0, 0.1) is 6.92 Å². The Morgan fingerprint density at radius 3 is 2.38 bits per heavy atom. The molecule has 2 aromatic heterocycles. The number of aromatic nitrogens is 3. The third-order valence-electron chi connectivity index (χ3n) is 4.44. The summed E-state index contributed by atoms with van der Waals surface area (Å²) in [6.45, 7) is 1.82. The summed E-state index contributed by atoms with van der Waals surface area (Å²) in [5.74, 6) is 0.732. The average molecular weight is 346 g/mol. The largest absolute Gasteiger partial charge is 0.497 e. The molecule has 4 rings (SSSR count). The molecule has 0 unspecified atom stereocenters. The van der Waals surface area contributed by atoms with E-state index in [1.807, 2.05) is 61.5 Å². The van der Waals surface area contributed by atoms with Gasteiger partial charge in [0, 0.05) is 5.56 Å². The van der Waals surface area contributed by atoms with Crippen LogP contribution in [0.3, 0.4) is 0 Å². The van der Waals surface area contributed by atoms with Crippen LogP contribution >= 0.6 is 0 Å². The van der Waals surface area contributed by atoms with Crippen LogP contribution in [0.15, 0.2) is 59.4 Å². The quantitative estimate of drug-likeness (QED) is 0.596. The SMILES string of the molecule is COc1ccc(-c2c(C)nc3c(N)c(-c4ccccc4)[nH]n3c2=O)cc1. The highest BCUT2D eigenvalue weighted by molar-refractivity contribution is 5.84. The number of nitrogens with one attached hydrogen (secondary N) is 1. The first-order valence-electron chi connectivity index (χ1n) is 8.21. The number of nitrogens with zero attached hydrogens (tertiary/aromatic N) is 2. The van der Waals surface area contributed by atoms with Gasteiger partial charge in [-0.3, -0.25) is 9.89 Å². The number of ether oxygens (including phenoxy) is 1. The second-order valence-corrected chi connectivity index (χ2v) is 6.03. The smallest absolute Gasteiger partial charge is 0.280 e. The molecule has 0 atom stereocenters. The van der Waals surface area contributed by atoms with Gasteiger partial charge in [-0.25, -0.2) is 4.98 Å². The summed E-state index contributed by atoms with van der Waals surface area (Å²) >= 11 is 0. The van der Waals surface area contributed by atoms with Crippen molar-refractivity contribution < 1.29 is 4.74 Å². The number of aromatic amines is 1. The Kier molecular flexibility index (Phi) is 3.73. The van der Waals surface area contributed by atoms with E-state index in [4.69, 9.17) is 10.5 Å². The maximum Gasteiger partial charge on any atom is 0.280 e. The van der Waals surface area contributed by atoms with Crippen molar-refractivity contribution in [1.29, 1.82) is 0 Å². The predicted octanol–water partition coefficient (Wildman–Crippen LogP) is 3.26. The summed E-state index contributed by atoms with van der Waals surface area (Å²) in [7, 11) is 1.61. The lowest BCUT2D eigenvalue weighted by molar-refractivity contribution is 0.415. The molecule has 0 aliphatic rings. The minimum atomic E-state index is -0.188. The number of H-pyrrole nitrogens is 1. The number of nitrogen functional groups attached to an aromatic ring is 1. The molecular weight excluding hydrogens is 328 g/mol. The summed E-state index contributed by atoms with van der Waals surface area (Å²) in [6.07, 6.45) is 0. The molecule has 0 radical (unpaired) electrons. The van der Waals surface area contributed by atoms with Gasteiger partial charge in [0.15, 0.2) is 5.65 Å². The summed E-state index contributed by atoms with van der Waals surface area (Å²) in [5.41, 5.74) is 10.5. The van der Waals surface area contributed by atoms with Gasteiger partial charge in [-0.05, 0) is 24.6 Å². The molecule has 130 valence electrons. The van der Waals surface area contributed by atoms with Gasteiger partial charge >= 0.3 is 0 Å². The number of aryl methyl sites for hydroxylation is 1. The van der Waals surface area contributed by atoms with Crippen LogP contribution in [0.2, 0.25) is 0 Å². The molecule has 0 spiro atoms. The van der Waals surface area contributed by atoms with E-state index in [2.05, 4.69) is 10.1 Å². The molecule has 0 bridgehead atoms.